The van der Waals surface area contributed by atoms with Gasteiger partial charge in [0, 0.05) is 38.3 Å². The molecule has 0 bridgehead atoms. The molecule has 53 heavy (non-hydrogen) atoms. The Bertz CT molecular complexity index is 3170. The molecule has 0 aliphatic heterocycles. The van der Waals surface area contributed by atoms with E-state index in [0.29, 0.717) is 0 Å². The molecule has 3 heteroatoms. The standard InChI is InChI=1S/C50H31NO2/c1-2-10-36-30-37(17-16-32(36)8-1)33-18-24-39(25-19-33)51(46-14-7-13-44-45-29-22-35-9-3-4-11-41(35)49(45)53-50(44)46)40-26-20-34(21-27-40)38-23-28-43-42-12-5-6-15-47(42)52-48(43)31-38/h1-31H. The third-order valence-corrected chi connectivity index (χ3v) is 10.7. The van der Waals surface area contributed by atoms with Gasteiger partial charge in [-0.05, 0) is 99.1 Å². The van der Waals surface area contributed by atoms with E-state index in [9.17, 15) is 0 Å². The maximum absolute atomic E-state index is 6.86. The largest absolute Gasteiger partial charge is 0.456 e. The Morgan fingerprint density at radius 1 is 0.302 bits per heavy atom. The van der Waals surface area contributed by atoms with Gasteiger partial charge in [-0.15, -0.1) is 0 Å². The molecule has 0 spiro atoms. The summed E-state index contributed by atoms with van der Waals surface area (Å²) in [6.45, 7) is 0. The van der Waals surface area contributed by atoms with Gasteiger partial charge in [-0.25, -0.2) is 0 Å². The molecule has 2 heterocycles. The van der Waals surface area contributed by atoms with Crippen LogP contribution in [0.1, 0.15) is 0 Å². The van der Waals surface area contributed by atoms with Crippen LogP contribution in [0.2, 0.25) is 0 Å². The number of rotatable bonds is 5. The Hall–Kier alpha value is -7.10. The van der Waals surface area contributed by atoms with Crippen LogP contribution in [-0.4, -0.2) is 0 Å². The van der Waals surface area contributed by atoms with Gasteiger partial charge in [-0.3, -0.25) is 0 Å². The van der Waals surface area contributed by atoms with Crippen molar-refractivity contribution in [3.8, 4) is 22.3 Å². The molecule has 0 atom stereocenters. The summed E-state index contributed by atoms with van der Waals surface area (Å²) in [7, 11) is 0. The van der Waals surface area contributed by atoms with Gasteiger partial charge >= 0.3 is 0 Å². The predicted octanol–water partition coefficient (Wildman–Crippen LogP) is 14.6. The molecule has 11 aromatic rings. The number of hydrogen-bond donors (Lipinski definition) is 0. The molecule has 0 aliphatic rings. The van der Waals surface area contributed by atoms with E-state index in [1.165, 1.54) is 21.9 Å². The van der Waals surface area contributed by atoms with Crippen molar-refractivity contribution in [2.24, 2.45) is 0 Å². The predicted molar refractivity (Wildman–Crippen MR) is 222 cm³/mol. The summed E-state index contributed by atoms with van der Waals surface area (Å²) in [5.74, 6) is 0. The lowest BCUT2D eigenvalue weighted by molar-refractivity contribution is 0.669. The van der Waals surface area contributed by atoms with Gasteiger partial charge in [0.05, 0.1) is 5.69 Å². The van der Waals surface area contributed by atoms with Gasteiger partial charge in [-0.1, -0.05) is 127 Å². The van der Waals surface area contributed by atoms with E-state index in [2.05, 4.69) is 181 Å². The van der Waals surface area contributed by atoms with Crippen molar-refractivity contribution < 1.29 is 8.83 Å². The molecule has 9 aromatic carbocycles. The third-order valence-electron chi connectivity index (χ3n) is 10.7. The average Bonchev–Trinajstić information content (AvgIpc) is 3.80. The van der Waals surface area contributed by atoms with E-state index in [1.54, 1.807) is 0 Å². The molecule has 0 unspecified atom stereocenters. The first-order chi connectivity index (χ1) is 26.2. The molecule has 0 N–H and O–H groups in total. The highest BCUT2D eigenvalue weighted by atomic mass is 16.3. The summed E-state index contributed by atoms with van der Waals surface area (Å²) in [6, 6.07) is 66.8. The molecule has 0 fully saturated rings. The van der Waals surface area contributed by atoms with Crippen LogP contribution in [0.3, 0.4) is 0 Å². The molecule has 2 aromatic heterocycles. The number of para-hydroxylation sites is 2. The molecule has 11 rings (SSSR count). The van der Waals surface area contributed by atoms with Crippen LogP contribution in [0.15, 0.2) is 197 Å². The van der Waals surface area contributed by atoms with Crippen LogP contribution < -0.4 is 4.90 Å². The Balaban J connectivity index is 1.05. The summed E-state index contributed by atoms with van der Waals surface area (Å²) in [6.07, 6.45) is 0. The quantitative estimate of drug-likeness (QED) is 0.182. The highest BCUT2D eigenvalue weighted by Gasteiger charge is 2.20. The van der Waals surface area contributed by atoms with Crippen LogP contribution in [0, 0.1) is 0 Å². The first kappa shape index (κ1) is 29.6. The zero-order valence-electron chi connectivity index (χ0n) is 28.7. The van der Waals surface area contributed by atoms with E-state index in [1.807, 2.05) is 12.1 Å². The number of nitrogens with zero attached hydrogens (tertiary/aromatic N) is 1. The van der Waals surface area contributed by atoms with Gasteiger partial charge in [0.25, 0.3) is 0 Å². The van der Waals surface area contributed by atoms with Gasteiger partial charge in [0.1, 0.15) is 16.7 Å². The molecule has 0 radical (unpaired) electrons. The van der Waals surface area contributed by atoms with Crippen LogP contribution >= 0.6 is 0 Å². The number of fused-ring (bicyclic) bond motifs is 9. The fourth-order valence-corrected chi connectivity index (χ4v) is 7.99. The number of anilines is 3. The second-order valence-corrected chi connectivity index (χ2v) is 13.7. The van der Waals surface area contributed by atoms with Crippen molar-refractivity contribution >= 4 is 82.5 Å². The van der Waals surface area contributed by atoms with Gasteiger partial charge in [-0.2, -0.15) is 0 Å². The van der Waals surface area contributed by atoms with Gasteiger partial charge in [0.15, 0.2) is 5.58 Å². The minimum absolute atomic E-state index is 0.858. The number of benzene rings is 9. The maximum atomic E-state index is 6.86. The second-order valence-electron chi connectivity index (χ2n) is 13.7. The van der Waals surface area contributed by atoms with E-state index in [4.69, 9.17) is 8.83 Å². The Kier molecular flexibility index (Phi) is 6.55. The molecular formula is C50H31NO2. The highest BCUT2D eigenvalue weighted by Crippen LogP contribution is 2.44. The monoisotopic (exact) mass is 677 g/mol. The molecular weight excluding hydrogens is 647 g/mol. The van der Waals surface area contributed by atoms with Crippen LogP contribution in [0.4, 0.5) is 17.1 Å². The van der Waals surface area contributed by atoms with E-state index in [-0.39, 0.29) is 0 Å². The third kappa shape index (κ3) is 4.82. The second kappa shape index (κ2) is 11.7. The first-order valence-electron chi connectivity index (χ1n) is 18.0. The average molecular weight is 678 g/mol. The smallest absolute Gasteiger partial charge is 0.159 e. The van der Waals surface area contributed by atoms with Gasteiger partial charge in [0.2, 0.25) is 0 Å². The molecule has 0 saturated heterocycles. The molecule has 0 saturated carbocycles. The Morgan fingerprint density at radius 2 is 0.849 bits per heavy atom. The zero-order valence-corrected chi connectivity index (χ0v) is 28.7. The minimum atomic E-state index is 0.858. The number of furan rings is 2. The zero-order chi connectivity index (χ0) is 34.9. The summed E-state index contributed by atoms with van der Waals surface area (Å²) < 4.78 is 13.1. The molecule has 0 aliphatic carbocycles. The normalized spacial score (nSPS) is 11.8. The topological polar surface area (TPSA) is 29.5 Å². The van der Waals surface area contributed by atoms with Crippen molar-refractivity contribution in [2.75, 3.05) is 4.90 Å². The van der Waals surface area contributed by atoms with Gasteiger partial charge < -0.3 is 13.7 Å². The summed E-state index contributed by atoms with van der Waals surface area (Å²) in [5.41, 5.74) is 11.2. The van der Waals surface area contributed by atoms with Crippen molar-refractivity contribution in [1.82, 2.24) is 0 Å². The van der Waals surface area contributed by atoms with E-state index in [0.717, 1.165) is 82.8 Å². The number of hydrogen-bond acceptors (Lipinski definition) is 3. The van der Waals surface area contributed by atoms with Crippen molar-refractivity contribution in [3.05, 3.63) is 188 Å². The van der Waals surface area contributed by atoms with Crippen LogP contribution in [0.5, 0.6) is 0 Å². The lowest BCUT2D eigenvalue weighted by atomic mass is 10.0. The lowest BCUT2D eigenvalue weighted by Crippen LogP contribution is -2.10. The minimum Gasteiger partial charge on any atom is -0.456 e. The molecule has 248 valence electrons. The van der Waals surface area contributed by atoms with Crippen molar-refractivity contribution in [3.63, 3.8) is 0 Å². The van der Waals surface area contributed by atoms with Crippen LogP contribution in [0.25, 0.3) is 87.7 Å². The van der Waals surface area contributed by atoms with E-state index < -0.39 is 0 Å². The summed E-state index contributed by atoms with van der Waals surface area (Å²) >= 11 is 0. The first-order valence-corrected chi connectivity index (χ1v) is 18.0. The Morgan fingerprint density at radius 3 is 1.64 bits per heavy atom. The van der Waals surface area contributed by atoms with E-state index >= 15 is 0 Å². The fraction of sp³-hybridized carbons (Fsp3) is 0. The fourth-order valence-electron chi connectivity index (χ4n) is 7.99. The maximum Gasteiger partial charge on any atom is 0.159 e. The van der Waals surface area contributed by atoms with Crippen molar-refractivity contribution in [2.45, 2.75) is 0 Å². The van der Waals surface area contributed by atoms with Crippen LogP contribution in [-0.2, 0) is 0 Å². The summed E-state index contributed by atoms with van der Waals surface area (Å²) in [4.78, 5) is 2.31. The molecule has 3 nitrogen and oxygen atoms in total. The summed E-state index contributed by atoms with van der Waals surface area (Å²) in [5, 5.41) is 9.24. The lowest BCUT2D eigenvalue weighted by Gasteiger charge is -2.26. The van der Waals surface area contributed by atoms with Crippen molar-refractivity contribution in [1.29, 1.82) is 0 Å². The Labute approximate surface area is 305 Å². The molecule has 0 amide bonds. The highest BCUT2D eigenvalue weighted by molar-refractivity contribution is 6.17. The SMILES string of the molecule is c1ccc2cc(-c3ccc(N(c4ccc(-c5ccc6c(c5)oc5ccccc56)cc4)c4cccc5c4oc4c6ccccc6ccc54)cc3)ccc2c1.